The van der Waals surface area contributed by atoms with Crippen molar-refractivity contribution in [3.63, 3.8) is 0 Å². The Morgan fingerprint density at radius 2 is 1.86 bits per heavy atom. The van der Waals surface area contributed by atoms with Crippen molar-refractivity contribution >= 4 is 23.6 Å². The molecule has 1 rings (SSSR count). The first kappa shape index (κ1) is 17.6. The smallest absolute Gasteiger partial charge is 0.316 e. The van der Waals surface area contributed by atoms with Crippen molar-refractivity contribution < 1.29 is 14.3 Å². The number of nitrogens with one attached hydrogen (secondary N) is 1. The number of hydrogen-bond donors (Lipinski definition) is 1. The number of rotatable bonds is 5. The molecule has 1 N–H and O–H groups in total. The molecule has 0 aliphatic heterocycles. The minimum Gasteiger partial charge on any atom is -0.455 e. The maximum atomic E-state index is 11.6. The van der Waals surface area contributed by atoms with Crippen molar-refractivity contribution in [3.8, 4) is 0 Å². The van der Waals surface area contributed by atoms with Crippen LogP contribution in [0.1, 0.15) is 31.9 Å². The van der Waals surface area contributed by atoms with E-state index in [0.717, 1.165) is 4.90 Å². The Kier molecular flexibility index (Phi) is 6.27. The molecule has 0 aliphatic rings. The number of esters is 1. The molecule has 0 saturated heterocycles. The van der Waals surface area contributed by atoms with E-state index in [1.165, 1.54) is 22.9 Å². The third-order valence-electron chi connectivity index (χ3n) is 2.71. The van der Waals surface area contributed by atoms with Crippen LogP contribution in [0.15, 0.2) is 23.1 Å². The molecule has 1 aromatic rings. The minimum atomic E-state index is -0.387. The van der Waals surface area contributed by atoms with Gasteiger partial charge < -0.3 is 10.1 Å². The van der Waals surface area contributed by atoms with Crippen LogP contribution < -0.4 is 5.32 Å². The van der Waals surface area contributed by atoms with Gasteiger partial charge in [-0.2, -0.15) is 0 Å². The summed E-state index contributed by atoms with van der Waals surface area (Å²) in [6.45, 7) is 9.48. The van der Waals surface area contributed by atoms with Gasteiger partial charge in [-0.15, -0.1) is 11.8 Å². The Labute approximate surface area is 130 Å². The molecular weight excluding hydrogens is 286 g/mol. The van der Waals surface area contributed by atoms with Gasteiger partial charge in [-0.1, -0.05) is 6.07 Å². The molecule has 0 spiro atoms. The minimum absolute atomic E-state index is 0.200. The van der Waals surface area contributed by atoms with Crippen LogP contribution in [0, 0.1) is 13.8 Å². The normalized spacial score (nSPS) is 11.1. The van der Waals surface area contributed by atoms with Gasteiger partial charge in [0.2, 0.25) is 0 Å². The quantitative estimate of drug-likeness (QED) is 0.671. The molecule has 0 radical (unpaired) electrons. The highest BCUT2D eigenvalue weighted by Gasteiger charge is 2.15. The van der Waals surface area contributed by atoms with E-state index in [1.807, 2.05) is 52.8 Å². The average molecular weight is 309 g/mol. The summed E-state index contributed by atoms with van der Waals surface area (Å²) >= 11 is 1.41. The third kappa shape index (κ3) is 7.18. The lowest BCUT2D eigenvalue weighted by Gasteiger charge is -2.20. The largest absolute Gasteiger partial charge is 0.455 e. The lowest BCUT2D eigenvalue weighted by Crippen LogP contribution is -2.42. The Balaban J connectivity index is 2.34. The number of carbonyl (C=O) groups is 2. The van der Waals surface area contributed by atoms with Crippen LogP contribution >= 0.6 is 11.8 Å². The van der Waals surface area contributed by atoms with Crippen LogP contribution in [-0.2, 0) is 14.3 Å². The molecule has 4 nitrogen and oxygen atoms in total. The average Bonchev–Trinajstić information content (AvgIpc) is 2.36. The van der Waals surface area contributed by atoms with E-state index in [0.29, 0.717) is 0 Å². The van der Waals surface area contributed by atoms with Gasteiger partial charge in [0.25, 0.3) is 5.91 Å². The highest BCUT2D eigenvalue weighted by atomic mass is 32.2. The SMILES string of the molecule is Cc1ccc(SCC(=O)OCC(=O)NC(C)(C)C)cc1C. The standard InChI is InChI=1S/C16H23NO3S/c1-11-6-7-13(8-12(11)2)21-10-15(19)20-9-14(18)17-16(3,4)5/h6-8H,9-10H2,1-5H3,(H,17,18). The molecule has 0 heterocycles. The fraction of sp³-hybridized carbons (Fsp3) is 0.500. The monoisotopic (exact) mass is 309 g/mol. The Morgan fingerprint density at radius 3 is 2.43 bits per heavy atom. The van der Waals surface area contributed by atoms with Gasteiger partial charge in [0.15, 0.2) is 6.61 Å². The number of carbonyl (C=O) groups excluding carboxylic acids is 2. The topological polar surface area (TPSA) is 55.4 Å². The lowest BCUT2D eigenvalue weighted by molar-refractivity contribution is -0.146. The second-order valence-corrected chi connectivity index (χ2v) is 7.04. The fourth-order valence-corrected chi connectivity index (χ4v) is 2.38. The van der Waals surface area contributed by atoms with Crippen LogP contribution in [-0.4, -0.2) is 29.8 Å². The van der Waals surface area contributed by atoms with E-state index in [-0.39, 0.29) is 29.8 Å². The molecule has 0 aliphatic carbocycles. The summed E-state index contributed by atoms with van der Waals surface area (Å²) in [7, 11) is 0. The van der Waals surface area contributed by atoms with Crippen LogP contribution in [0.3, 0.4) is 0 Å². The number of benzene rings is 1. The van der Waals surface area contributed by atoms with Gasteiger partial charge in [-0.3, -0.25) is 9.59 Å². The number of hydrogen-bond acceptors (Lipinski definition) is 4. The lowest BCUT2D eigenvalue weighted by atomic mass is 10.1. The molecular formula is C16H23NO3S. The molecule has 5 heteroatoms. The van der Waals surface area contributed by atoms with Gasteiger partial charge in [0.1, 0.15) is 0 Å². The van der Waals surface area contributed by atoms with Gasteiger partial charge in [-0.05, 0) is 57.9 Å². The van der Waals surface area contributed by atoms with E-state index in [4.69, 9.17) is 4.74 Å². The maximum Gasteiger partial charge on any atom is 0.316 e. The number of thioether (sulfide) groups is 1. The van der Waals surface area contributed by atoms with E-state index >= 15 is 0 Å². The number of amides is 1. The number of aryl methyl sites for hydroxylation is 2. The van der Waals surface area contributed by atoms with E-state index in [2.05, 4.69) is 5.32 Å². The molecule has 0 atom stereocenters. The molecule has 0 aromatic heterocycles. The Hall–Kier alpha value is -1.49. The van der Waals surface area contributed by atoms with Crippen LogP contribution in [0.5, 0.6) is 0 Å². The molecule has 0 fully saturated rings. The van der Waals surface area contributed by atoms with Crippen molar-refractivity contribution in [1.29, 1.82) is 0 Å². The molecule has 116 valence electrons. The van der Waals surface area contributed by atoms with Crippen molar-refractivity contribution in [1.82, 2.24) is 5.32 Å². The Bertz CT molecular complexity index is 521. The molecule has 0 saturated carbocycles. The highest BCUT2D eigenvalue weighted by molar-refractivity contribution is 8.00. The first-order valence-corrected chi connectivity index (χ1v) is 7.82. The van der Waals surface area contributed by atoms with Gasteiger partial charge in [0, 0.05) is 10.4 Å². The summed E-state index contributed by atoms with van der Waals surface area (Å²) in [5.74, 6) is -0.472. The third-order valence-corrected chi connectivity index (χ3v) is 3.68. The number of ether oxygens (including phenoxy) is 1. The van der Waals surface area contributed by atoms with Gasteiger partial charge in [0.05, 0.1) is 5.75 Å². The van der Waals surface area contributed by atoms with Gasteiger partial charge >= 0.3 is 5.97 Å². The predicted molar refractivity (Wildman–Crippen MR) is 85.5 cm³/mol. The second-order valence-electron chi connectivity index (χ2n) is 5.99. The first-order valence-electron chi connectivity index (χ1n) is 6.84. The molecule has 1 amide bonds. The van der Waals surface area contributed by atoms with E-state index in [1.54, 1.807) is 0 Å². The predicted octanol–water partition coefficient (Wildman–Crippen LogP) is 2.85. The van der Waals surface area contributed by atoms with E-state index < -0.39 is 0 Å². The van der Waals surface area contributed by atoms with Crippen molar-refractivity contribution in [2.45, 2.75) is 45.1 Å². The summed E-state index contributed by atoms with van der Waals surface area (Å²) in [6.07, 6.45) is 0. The van der Waals surface area contributed by atoms with Crippen molar-refractivity contribution in [2.24, 2.45) is 0 Å². The molecule has 21 heavy (non-hydrogen) atoms. The zero-order chi connectivity index (χ0) is 16.0. The van der Waals surface area contributed by atoms with Crippen LogP contribution in [0.2, 0.25) is 0 Å². The molecule has 1 aromatic carbocycles. The zero-order valence-corrected chi connectivity index (χ0v) is 14.1. The Morgan fingerprint density at radius 1 is 1.19 bits per heavy atom. The summed E-state index contributed by atoms with van der Waals surface area (Å²) in [5, 5.41) is 2.74. The summed E-state index contributed by atoms with van der Waals surface area (Å²) in [4.78, 5) is 24.2. The summed E-state index contributed by atoms with van der Waals surface area (Å²) in [5.41, 5.74) is 2.09. The fourth-order valence-electron chi connectivity index (χ4n) is 1.59. The first-order chi connectivity index (χ1) is 9.67. The summed E-state index contributed by atoms with van der Waals surface area (Å²) < 4.78 is 4.95. The van der Waals surface area contributed by atoms with Crippen LogP contribution in [0.25, 0.3) is 0 Å². The van der Waals surface area contributed by atoms with Gasteiger partial charge in [-0.25, -0.2) is 0 Å². The van der Waals surface area contributed by atoms with Crippen molar-refractivity contribution in [2.75, 3.05) is 12.4 Å². The van der Waals surface area contributed by atoms with Crippen molar-refractivity contribution in [3.05, 3.63) is 29.3 Å². The van der Waals surface area contributed by atoms with Crippen LogP contribution in [0.4, 0.5) is 0 Å². The molecule has 0 bridgehead atoms. The zero-order valence-electron chi connectivity index (χ0n) is 13.3. The highest BCUT2D eigenvalue weighted by Crippen LogP contribution is 2.21. The second kappa shape index (κ2) is 7.50. The van der Waals surface area contributed by atoms with E-state index in [9.17, 15) is 9.59 Å². The maximum absolute atomic E-state index is 11.6. The molecule has 0 unspecified atom stereocenters. The summed E-state index contributed by atoms with van der Waals surface area (Å²) in [6, 6.07) is 6.05.